The average molecular weight is 303 g/mol. The summed E-state index contributed by atoms with van der Waals surface area (Å²) in [5.41, 5.74) is 0.611. The fourth-order valence-corrected chi connectivity index (χ4v) is 3.33. The molecule has 19 heavy (non-hydrogen) atoms. The van der Waals surface area contributed by atoms with Gasteiger partial charge in [0.1, 0.15) is 5.75 Å². The summed E-state index contributed by atoms with van der Waals surface area (Å²) >= 11 is 12.5. The Morgan fingerprint density at radius 2 is 1.89 bits per heavy atom. The summed E-state index contributed by atoms with van der Waals surface area (Å²) in [5, 5.41) is 11.6. The second-order valence-corrected chi connectivity index (χ2v) is 6.32. The summed E-state index contributed by atoms with van der Waals surface area (Å²) in [5.74, 6) is 0.571. The van der Waals surface area contributed by atoms with Crippen LogP contribution in [0.4, 0.5) is 0 Å². The van der Waals surface area contributed by atoms with E-state index in [1.165, 1.54) is 0 Å². The van der Waals surface area contributed by atoms with Crippen molar-refractivity contribution in [1.29, 1.82) is 0 Å². The minimum absolute atomic E-state index is 0.0971. The second-order valence-electron chi connectivity index (χ2n) is 5.50. The third kappa shape index (κ3) is 3.01. The summed E-state index contributed by atoms with van der Waals surface area (Å²) in [6.45, 7) is 4.55. The van der Waals surface area contributed by atoms with Crippen molar-refractivity contribution in [3.05, 3.63) is 27.7 Å². The molecule has 1 aromatic carbocycles. The lowest BCUT2D eigenvalue weighted by Crippen LogP contribution is -2.22. The molecule has 1 aliphatic rings. The maximum absolute atomic E-state index is 10.6. The Bertz CT molecular complexity index is 454. The van der Waals surface area contributed by atoms with E-state index in [1.807, 2.05) is 6.92 Å². The van der Waals surface area contributed by atoms with Crippen LogP contribution >= 0.6 is 23.2 Å². The highest BCUT2D eigenvalue weighted by Gasteiger charge is 2.37. The fourth-order valence-electron chi connectivity index (χ4n) is 2.85. The molecule has 0 radical (unpaired) electrons. The summed E-state index contributed by atoms with van der Waals surface area (Å²) in [6, 6.07) is 3.44. The molecule has 0 amide bonds. The predicted molar refractivity (Wildman–Crippen MR) is 79.2 cm³/mol. The first-order valence-electron chi connectivity index (χ1n) is 6.78. The van der Waals surface area contributed by atoms with E-state index in [0.29, 0.717) is 28.0 Å². The molecule has 1 fully saturated rings. The van der Waals surface area contributed by atoms with Crippen molar-refractivity contribution in [1.82, 2.24) is 0 Å². The van der Waals surface area contributed by atoms with Gasteiger partial charge in [0.05, 0.1) is 22.8 Å². The summed E-state index contributed by atoms with van der Waals surface area (Å²) in [7, 11) is 0. The molecule has 0 aliphatic heterocycles. The lowest BCUT2D eigenvalue weighted by atomic mass is 9.79. The van der Waals surface area contributed by atoms with Crippen LogP contribution in [0.1, 0.15) is 51.2 Å². The van der Waals surface area contributed by atoms with Gasteiger partial charge in [0.2, 0.25) is 0 Å². The van der Waals surface area contributed by atoms with Crippen LogP contribution in [0, 0.1) is 5.41 Å². The van der Waals surface area contributed by atoms with Crippen molar-refractivity contribution < 1.29 is 9.84 Å². The monoisotopic (exact) mass is 302 g/mol. The quantitative estimate of drug-likeness (QED) is 0.847. The van der Waals surface area contributed by atoms with Gasteiger partial charge < -0.3 is 9.84 Å². The molecule has 1 atom stereocenters. The van der Waals surface area contributed by atoms with Gasteiger partial charge in [-0.1, -0.05) is 43.0 Å². The molecule has 0 saturated heterocycles. The van der Waals surface area contributed by atoms with E-state index in [4.69, 9.17) is 27.9 Å². The van der Waals surface area contributed by atoms with Crippen LogP contribution in [0.2, 0.25) is 10.0 Å². The number of ether oxygens (including phenoxy) is 1. The van der Waals surface area contributed by atoms with E-state index in [-0.39, 0.29) is 5.41 Å². The molecule has 1 aromatic rings. The van der Waals surface area contributed by atoms with E-state index in [9.17, 15) is 5.11 Å². The minimum Gasteiger partial charge on any atom is -0.492 e. The number of halogens is 2. The Morgan fingerprint density at radius 1 is 1.26 bits per heavy atom. The van der Waals surface area contributed by atoms with Gasteiger partial charge in [0, 0.05) is 11.6 Å². The van der Waals surface area contributed by atoms with Crippen LogP contribution in [0.5, 0.6) is 5.75 Å². The third-order valence-electron chi connectivity index (χ3n) is 4.05. The molecule has 0 aromatic heterocycles. The van der Waals surface area contributed by atoms with Gasteiger partial charge in [-0.3, -0.25) is 0 Å². The smallest absolute Gasteiger partial charge is 0.139 e. The van der Waals surface area contributed by atoms with E-state index in [0.717, 1.165) is 25.7 Å². The zero-order chi connectivity index (χ0) is 14.0. The number of hydrogen-bond donors (Lipinski definition) is 1. The lowest BCUT2D eigenvalue weighted by Gasteiger charge is -2.31. The Morgan fingerprint density at radius 3 is 2.47 bits per heavy atom. The number of rotatable bonds is 4. The van der Waals surface area contributed by atoms with Gasteiger partial charge in [-0.25, -0.2) is 0 Å². The highest BCUT2D eigenvalue weighted by molar-refractivity contribution is 6.34. The third-order valence-corrected chi connectivity index (χ3v) is 4.67. The molecule has 0 spiro atoms. The van der Waals surface area contributed by atoms with Crippen LogP contribution < -0.4 is 4.74 Å². The molecule has 0 heterocycles. The first kappa shape index (κ1) is 15.0. The maximum Gasteiger partial charge on any atom is 0.139 e. The Kier molecular flexibility index (Phi) is 4.65. The number of hydrogen-bond acceptors (Lipinski definition) is 2. The largest absolute Gasteiger partial charge is 0.492 e. The van der Waals surface area contributed by atoms with Crippen LogP contribution in [0.25, 0.3) is 0 Å². The van der Waals surface area contributed by atoms with Crippen LogP contribution in [0.15, 0.2) is 12.1 Å². The molecule has 0 bridgehead atoms. The molecular formula is C15H20Cl2O2. The van der Waals surface area contributed by atoms with Gasteiger partial charge in [0.25, 0.3) is 0 Å². The summed E-state index contributed by atoms with van der Waals surface area (Å²) < 4.78 is 5.40. The topological polar surface area (TPSA) is 29.5 Å². The molecule has 1 aliphatic carbocycles. The van der Waals surface area contributed by atoms with Gasteiger partial charge >= 0.3 is 0 Å². The molecule has 1 N–H and O–H groups in total. The van der Waals surface area contributed by atoms with Crippen molar-refractivity contribution in [3.63, 3.8) is 0 Å². The number of aliphatic hydroxyl groups excluding tert-OH is 1. The fraction of sp³-hybridized carbons (Fsp3) is 0.600. The lowest BCUT2D eigenvalue weighted by molar-refractivity contribution is 0.0409. The summed E-state index contributed by atoms with van der Waals surface area (Å²) in [4.78, 5) is 0. The van der Waals surface area contributed by atoms with Crippen molar-refractivity contribution in [2.75, 3.05) is 6.61 Å². The number of aliphatic hydroxyl groups is 1. The van der Waals surface area contributed by atoms with E-state index in [1.54, 1.807) is 12.1 Å². The normalized spacial score (nSPS) is 19.4. The van der Waals surface area contributed by atoms with Crippen LogP contribution in [-0.4, -0.2) is 11.7 Å². The van der Waals surface area contributed by atoms with Crippen LogP contribution in [-0.2, 0) is 0 Å². The first-order chi connectivity index (χ1) is 8.98. The SMILES string of the molecule is CCOc1cc(Cl)c(C(O)C2(C)CCCC2)cc1Cl. The predicted octanol–water partition coefficient (Wildman–Crippen LogP) is 5.01. The molecule has 2 nitrogen and oxygen atoms in total. The highest BCUT2D eigenvalue weighted by atomic mass is 35.5. The van der Waals surface area contributed by atoms with E-state index >= 15 is 0 Å². The van der Waals surface area contributed by atoms with Crippen molar-refractivity contribution in [2.24, 2.45) is 5.41 Å². The molecule has 2 rings (SSSR count). The zero-order valence-electron chi connectivity index (χ0n) is 11.4. The average Bonchev–Trinajstić information content (AvgIpc) is 2.81. The standard InChI is InChI=1S/C15H20Cl2O2/c1-3-19-13-9-11(16)10(8-12(13)17)14(18)15(2)6-4-5-7-15/h8-9,14,18H,3-7H2,1-2H3. The first-order valence-corrected chi connectivity index (χ1v) is 7.53. The Balaban J connectivity index is 2.32. The molecular weight excluding hydrogens is 283 g/mol. The van der Waals surface area contributed by atoms with Crippen molar-refractivity contribution >= 4 is 23.2 Å². The van der Waals surface area contributed by atoms with Crippen LogP contribution in [0.3, 0.4) is 0 Å². The van der Waals surface area contributed by atoms with E-state index in [2.05, 4.69) is 6.92 Å². The van der Waals surface area contributed by atoms with Crippen molar-refractivity contribution in [3.8, 4) is 5.75 Å². The van der Waals surface area contributed by atoms with Gasteiger partial charge in [-0.2, -0.15) is 0 Å². The highest BCUT2D eigenvalue weighted by Crippen LogP contribution is 2.49. The number of benzene rings is 1. The molecule has 1 saturated carbocycles. The molecule has 106 valence electrons. The Labute approximate surface area is 124 Å². The summed E-state index contributed by atoms with van der Waals surface area (Å²) in [6.07, 6.45) is 3.80. The zero-order valence-corrected chi connectivity index (χ0v) is 12.9. The van der Waals surface area contributed by atoms with E-state index < -0.39 is 6.10 Å². The van der Waals surface area contributed by atoms with Gasteiger partial charge in [-0.15, -0.1) is 0 Å². The Hall–Kier alpha value is -0.440. The van der Waals surface area contributed by atoms with Gasteiger partial charge in [-0.05, 0) is 31.2 Å². The molecule has 1 unspecified atom stereocenters. The minimum atomic E-state index is -0.573. The van der Waals surface area contributed by atoms with Crippen molar-refractivity contribution in [2.45, 2.75) is 45.6 Å². The maximum atomic E-state index is 10.6. The van der Waals surface area contributed by atoms with Gasteiger partial charge in [0.15, 0.2) is 0 Å². The molecule has 4 heteroatoms. The second kappa shape index (κ2) is 5.90.